The molecule has 2 unspecified atom stereocenters. The molecule has 2 aliphatic heterocycles. The van der Waals surface area contributed by atoms with Gasteiger partial charge in [-0.15, -0.1) is 0 Å². The second-order valence-corrected chi connectivity index (χ2v) is 10.2. The average Bonchev–Trinajstić information content (AvgIpc) is 2.74. The van der Waals surface area contributed by atoms with Gasteiger partial charge in [0, 0.05) is 42.9 Å². The number of nitrogens with one attached hydrogen (secondary N) is 2. The number of carbonyl (C=O) groups is 2. The predicted molar refractivity (Wildman–Crippen MR) is 118 cm³/mol. The lowest BCUT2D eigenvalue weighted by atomic mass is 9.95. The van der Waals surface area contributed by atoms with Gasteiger partial charge in [0.25, 0.3) is 0 Å². The predicted octanol–water partition coefficient (Wildman–Crippen LogP) is 2.28. The van der Waals surface area contributed by atoms with E-state index in [0.29, 0.717) is 44.6 Å². The van der Waals surface area contributed by atoms with Gasteiger partial charge in [-0.05, 0) is 69.9 Å². The highest BCUT2D eigenvalue weighted by atomic mass is 32.2. The molecule has 170 valence electrons. The molecule has 2 amide bonds. The third-order valence-corrected chi connectivity index (χ3v) is 8.08. The SMILES string of the molecule is C=CC(=O)NC1CC(C)N(S(=O)(=O)c2ccc(NC(=O)C3CCOCC3)cc2)C(C)C1. The molecule has 0 aliphatic carbocycles. The van der Waals surface area contributed by atoms with Gasteiger partial charge in [0.15, 0.2) is 0 Å². The summed E-state index contributed by atoms with van der Waals surface area (Å²) in [5.41, 5.74) is 0.572. The zero-order chi connectivity index (χ0) is 22.6. The normalized spacial score (nSPS) is 25.5. The van der Waals surface area contributed by atoms with Crippen LogP contribution in [0.5, 0.6) is 0 Å². The topological polar surface area (TPSA) is 105 Å². The minimum absolute atomic E-state index is 0.0650. The molecule has 0 aromatic heterocycles. The van der Waals surface area contributed by atoms with Crippen molar-refractivity contribution in [3.63, 3.8) is 0 Å². The van der Waals surface area contributed by atoms with Crippen LogP contribution in [0.2, 0.25) is 0 Å². The fourth-order valence-electron chi connectivity index (χ4n) is 4.45. The highest BCUT2D eigenvalue weighted by molar-refractivity contribution is 7.89. The number of nitrogens with zero attached hydrogens (tertiary/aromatic N) is 1. The quantitative estimate of drug-likeness (QED) is 0.649. The molecule has 2 N–H and O–H groups in total. The van der Waals surface area contributed by atoms with Gasteiger partial charge in [-0.1, -0.05) is 6.58 Å². The molecule has 0 radical (unpaired) electrons. The molecule has 3 rings (SSSR count). The number of carbonyl (C=O) groups excluding carboxylic acids is 2. The maximum absolute atomic E-state index is 13.3. The monoisotopic (exact) mass is 449 g/mol. The first-order valence-corrected chi connectivity index (χ1v) is 12.1. The van der Waals surface area contributed by atoms with E-state index in [0.717, 1.165) is 0 Å². The molecule has 0 bridgehead atoms. The molecule has 31 heavy (non-hydrogen) atoms. The van der Waals surface area contributed by atoms with Crippen LogP contribution in [0.1, 0.15) is 39.5 Å². The standard InChI is InChI=1S/C22H31N3O5S/c1-4-21(26)23-19-13-15(2)25(16(3)14-19)31(28,29)20-7-5-18(6-8-20)24-22(27)17-9-11-30-12-10-17/h4-8,15-17,19H,1,9-14H2,2-3H3,(H,23,26)(H,24,27). The van der Waals surface area contributed by atoms with E-state index in [1.54, 1.807) is 12.1 Å². The Kier molecular flexibility index (Phi) is 7.51. The molecule has 2 fully saturated rings. The molecule has 0 spiro atoms. The second kappa shape index (κ2) is 9.93. The van der Waals surface area contributed by atoms with Gasteiger partial charge >= 0.3 is 0 Å². The highest BCUT2D eigenvalue weighted by Crippen LogP contribution is 2.30. The van der Waals surface area contributed by atoms with Crippen molar-refractivity contribution in [1.29, 1.82) is 0 Å². The Morgan fingerprint density at radius 1 is 1.10 bits per heavy atom. The third kappa shape index (κ3) is 5.53. The zero-order valence-electron chi connectivity index (χ0n) is 18.0. The van der Waals surface area contributed by atoms with E-state index in [1.807, 2.05) is 13.8 Å². The van der Waals surface area contributed by atoms with Crippen LogP contribution in [0, 0.1) is 5.92 Å². The van der Waals surface area contributed by atoms with E-state index < -0.39 is 10.0 Å². The summed E-state index contributed by atoms with van der Waals surface area (Å²) in [4.78, 5) is 24.2. The van der Waals surface area contributed by atoms with Gasteiger partial charge in [0.1, 0.15) is 0 Å². The van der Waals surface area contributed by atoms with Crippen molar-refractivity contribution in [3.05, 3.63) is 36.9 Å². The summed E-state index contributed by atoms with van der Waals surface area (Å²) in [6.45, 7) is 8.33. The number of ether oxygens (including phenoxy) is 1. The summed E-state index contributed by atoms with van der Waals surface area (Å²) in [6.07, 6.45) is 3.67. The van der Waals surface area contributed by atoms with Crippen LogP contribution in [-0.2, 0) is 24.3 Å². The number of hydrogen-bond donors (Lipinski definition) is 2. The van der Waals surface area contributed by atoms with Crippen LogP contribution in [0.25, 0.3) is 0 Å². The summed E-state index contributed by atoms with van der Waals surface area (Å²) in [5, 5.41) is 5.73. The first-order valence-electron chi connectivity index (χ1n) is 10.7. The third-order valence-electron chi connectivity index (χ3n) is 5.94. The lowest BCUT2D eigenvalue weighted by Gasteiger charge is -2.41. The Morgan fingerprint density at radius 3 is 2.23 bits per heavy atom. The van der Waals surface area contributed by atoms with Crippen LogP contribution in [0.4, 0.5) is 5.69 Å². The van der Waals surface area contributed by atoms with Crippen molar-refractivity contribution in [2.75, 3.05) is 18.5 Å². The van der Waals surface area contributed by atoms with Gasteiger partial charge < -0.3 is 15.4 Å². The molecule has 8 nitrogen and oxygen atoms in total. The maximum Gasteiger partial charge on any atom is 0.243 e. The first-order chi connectivity index (χ1) is 14.7. The van der Waals surface area contributed by atoms with Gasteiger partial charge in [0.2, 0.25) is 21.8 Å². The van der Waals surface area contributed by atoms with Crippen LogP contribution in [-0.4, -0.2) is 55.9 Å². The van der Waals surface area contributed by atoms with Crippen molar-refractivity contribution in [3.8, 4) is 0 Å². The Labute approximate surface area is 184 Å². The van der Waals surface area contributed by atoms with Crippen LogP contribution >= 0.6 is 0 Å². The molecular formula is C22H31N3O5S. The van der Waals surface area contributed by atoms with E-state index in [4.69, 9.17) is 4.74 Å². The molecule has 2 heterocycles. The van der Waals surface area contributed by atoms with Gasteiger partial charge in [-0.2, -0.15) is 4.31 Å². The minimum Gasteiger partial charge on any atom is -0.381 e. The number of benzene rings is 1. The van der Waals surface area contributed by atoms with Crippen molar-refractivity contribution in [2.24, 2.45) is 5.92 Å². The van der Waals surface area contributed by atoms with Crippen LogP contribution in [0.3, 0.4) is 0 Å². The average molecular weight is 450 g/mol. The van der Waals surface area contributed by atoms with Gasteiger partial charge in [0.05, 0.1) is 4.90 Å². The van der Waals surface area contributed by atoms with E-state index in [-0.39, 0.29) is 40.8 Å². The van der Waals surface area contributed by atoms with E-state index in [1.165, 1.54) is 22.5 Å². The lowest BCUT2D eigenvalue weighted by molar-refractivity contribution is -0.122. The molecule has 1 aromatic carbocycles. The summed E-state index contributed by atoms with van der Waals surface area (Å²) in [5.74, 6) is -0.398. The molecule has 2 atom stereocenters. The maximum atomic E-state index is 13.3. The summed E-state index contributed by atoms with van der Waals surface area (Å²) >= 11 is 0. The van der Waals surface area contributed by atoms with E-state index in [2.05, 4.69) is 17.2 Å². The Bertz CT molecular complexity index is 898. The second-order valence-electron chi connectivity index (χ2n) is 8.31. The van der Waals surface area contributed by atoms with Crippen molar-refractivity contribution in [2.45, 2.75) is 62.6 Å². The van der Waals surface area contributed by atoms with Gasteiger partial charge in [-0.3, -0.25) is 9.59 Å². The van der Waals surface area contributed by atoms with E-state index >= 15 is 0 Å². The Morgan fingerprint density at radius 2 is 1.68 bits per heavy atom. The van der Waals surface area contributed by atoms with Crippen molar-refractivity contribution < 1.29 is 22.7 Å². The number of anilines is 1. The number of rotatable bonds is 6. The van der Waals surface area contributed by atoms with Crippen LogP contribution < -0.4 is 10.6 Å². The summed E-state index contributed by atoms with van der Waals surface area (Å²) in [7, 11) is -3.71. The zero-order valence-corrected chi connectivity index (χ0v) is 18.9. The van der Waals surface area contributed by atoms with E-state index in [9.17, 15) is 18.0 Å². The lowest BCUT2D eigenvalue weighted by Crippen LogP contribution is -2.54. The smallest absolute Gasteiger partial charge is 0.243 e. The molecule has 2 aliphatic rings. The molecule has 2 saturated heterocycles. The number of sulfonamides is 1. The van der Waals surface area contributed by atoms with Crippen molar-refractivity contribution in [1.82, 2.24) is 9.62 Å². The Balaban J connectivity index is 1.68. The fourth-order valence-corrected chi connectivity index (χ4v) is 6.29. The molecule has 9 heteroatoms. The van der Waals surface area contributed by atoms with Gasteiger partial charge in [-0.25, -0.2) is 8.42 Å². The minimum atomic E-state index is -3.71. The van der Waals surface area contributed by atoms with Crippen molar-refractivity contribution >= 4 is 27.5 Å². The summed E-state index contributed by atoms with van der Waals surface area (Å²) in [6, 6.07) is 5.67. The molecular weight excluding hydrogens is 418 g/mol. The highest BCUT2D eigenvalue weighted by Gasteiger charge is 2.39. The molecule has 1 aromatic rings. The Hall–Kier alpha value is -2.23. The van der Waals surface area contributed by atoms with Crippen LogP contribution in [0.15, 0.2) is 41.8 Å². The first kappa shape index (κ1) is 23.4. The summed E-state index contributed by atoms with van der Waals surface area (Å²) < 4.78 is 33.4. The molecule has 0 saturated carbocycles. The number of amides is 2. The largest absolute Gasteiger partial charge is 0.381 e. The number of hydrogen-bond acceptors (Lipinski definition) is 5. The number of piperidine rings is 1. The fraction of sp³-hybridized carbons (Fsp3) is 0.545.